The number of nitrogens with one attached hydrogen (secondary N) is 1. The largest absolute Gasteiger partial charge is 0.316 e. The molecule has 1 aliphatic rings. The molecule has 1 N–H and O–H groups in total. The average Bonchev–Trinajstić information content (AvgIpc) is 3.01. The van der Waals surface area contributed by atoms with Gasteiger partial charge < -0.3 is 5.32 Å². The minimum atomic E-state index is 0.631. The molecule has 3 rings (SSSR count). The molecule has 0 amide bonds. The molecule has 0 spiro atoms. The maximum absolute atomic E-state index is 4.76. The van der Waals surface area contributed by atoms with E-state index < -0.39 is 0 Å². The topological polar surface area (TPSA) is 24.9 Å². The third kappa shape index (κ3) is 2.05. The molecule has 0 saturated carbocycles. The molecule has 1 fully saturated rings. The molecule has 84 valence electrons. The number of nitrogens with zero attached hydrogens (tertiary/aromatic N) is 1. The van der Waals surface area contributed by atoms with Crippen molar-refractivity contribution in [3.05, 3.63) is 27.2 Å². The van der Waals surface area contributed by atoms with Gasteiger partial charge in [-0.25, -0.2) is 4.98 Å². The molecule has 3 heterocycles. The van der Waals surface area contributed by atoms with Gasteiger partial charge in [0.1, 0.15) is 0 Å². The number of thiophene rings is 1. The molecule has 16 heavy (non-hydrogen) atoms. The van der Waals surface area contributed by atoms with Crippen LogP contribution in [0.2, 0.25) is 0 Å². The highest BCUT2D eigenvalue weighted by Crippen LogP contribution is 2.30. The molecule has 2 aromatic heterocycles. The van der Waals surface area contributed by atoms with Crippen LogP contribution in [0.3, 0.4) is 0 Å². The fourth-order valence-electron chi connectivity index (χ4n) is 2.08. The molecule has 1 unspecified atom stereocenters. The van der Waals surface area contributed by atoms with E-state index in [1.54, 1.807) is 11.3 Å². The van der Waals surface area contributed by atoms with E-state index >= 15 is 0 Å². The molecule has 0 aromatic carbocycles. The second-order valence-electron chi connectivity index (χ2n) is 4.13. The fraction of sp³-hybridized carbons (Fsp3) is 0.417. The lowest BCUT2D eigenvalue weighted by molar-refractivity contribution is 0.460. The van der Waals surface area contributed by atoms with Crippen LogP contribution in [-0.4, -0.2) is 18.1 Å². The first kappa shape index (κ1) is 10.4. The monoisotopic (exact) mass is 250 g/mol. The van der Waals surface area contributed by atoms with Gasteiger partial charge in [-0.3, -0.25) is 0 Å². The Balaban J connectivity index is 1.82. The van der Waals surface area contributed by atoms with Crippen LogP contribution in [0.4, 0.5) is 0 Å². The maximum Gasteiger partial charge on any atom is 0.0976 e. The third-order valence-corrected chi connectivity index (χ3v) is 4.68. The lowest BCUT2D eigenvalue weighted by atomic mass is 10.0. The summed E-state index contributed by atoms with van der Waals surface area (Å²) in [4.78, 5) is 4.76. The van der Waals surface area contributed by atoms with E-state index in [-0.39, 0.29) is 0 Å². The van der Waals surface area contributed by atoms with Crippen LogP contribution in [0.1, 0.15) is 23.8 Å². The lowest BCUT2D eigenvalue weighted by Gasteiger charge is -2.20. The van der Waals surface area contributed by atoms with Gasteiger partial charge in [0, 0.05) is 28.8 Å². The van der Waals surface area contributed by atoms with Crippen molar-refractivity contribution in [1.29, 1.82) is 0 Å². The summed E-state index contributed by atoms with van der Waals surface area (Å²) in [5.74, 6) is 0.631. The summed E-state index contributed by atoms with van der Waals surface area (Å²) in [7, 11) is 0. The zero-order valence-corrected chi connectivity index (χ0v) is 10.6. The summed E-state index contributed by atoms with van der Waals surface area (Å²) >= 11 is 3.54. The first-order valence-electron chi connectivity index (χ1n) is 5.62. The van der Waals surface area contributed by atoms with Crippen LogP contribution in [0.5, 0.6) is 0 Å². The van der Waals surface area contributed by atoms with Crippen molar-refractivity contribution < 1.29 is 0 Å². The van der Waals surface area contributed by atoms with Crippen LogP contribution in [0.25, 0.3) is 11.3 Å². The summed E-state index contributed by atoms with van der Waals surface area (Å²) < 4.78 is 0. The van der Waals surface area contributed by atoms with Gasteiger partial charge in [0.25, 0.3) is 0 Å². The van der Waals surface area contributed by atoms with Gasteiger partial charge in [-0.05, 0) is 30.8 Å². The Hall–Kier alpha value is -0.710. The fourth-order valence-corrected chi connectivity index (χ4v) is 3.70. The Morgan fingerprint density at radius 2 is 2.38 bits per heavy atom. The number of thiazole rings is 1. The summed E-state index contributed by atoms with van der Waals surface area (Å²) in [5.41, 5.74) is 2.41. The Labute approximate surface area is 103 Å². The quantitative estimate of drug-likeness (QED) is 0.884. The predicted molar refractivity (Wildman–Crippen MR) is 70.3 cm³/mol. The van der Waals surface area contributed by atoms with E-state index in [2.05, 4.69) is 27.5 Å². The van der Waals surface area contributed by atoms with E-state index in [1.807, 2.05) is 11.3 Å². The highest BCUT2D eigenvalue weighted by Gasteiger charge is 2.18. The highest BCUT2D eigenvalue weighted by molar-refractivity contribution is 7.10. The smallest absolute Gasteiger partial charge is 0.0976 e. The van der Waals surface area contributed by atoms with E-state index in [0.29, 0.717) is 5.92 Å². The molecule has 1 atom stereocenters. The van der Waals surface area contributed by atoms with Gasteiger partial charge in [0.2, 0.25) is 0 Å². The van der Waals surface area contributed by atoms with E-state index in [9.17, 15) is 0 Å². The van der Waals surface area contributed by atoms with Crippen LogP contribution in [-0.2, 0) is 0 Å². The Morgan fingerprint density at radius 3 is 3.12 bits per heavy atom. The van der Waals surface area contributed by atoms with Crippen molar-refractivity contribution in [2.45, 2.75) is 18.8 Å². The summed E-state index contributed by atoms with van der Waals surface area (Å²) in [6, 6.07) is 2.14. The highest BCUT2D eigenvalue weighted by atomic mass is 32.1. The van der Waals surface area contributed by atoms with Gasteiger partial charge >= 0.3 is 0 Å². The minimum Gasteiger partial charge on any atom is -0.316 e. The minimum absolute atomic E-state index is 0.631. The molecule has 1 aliphatic heterocycles. The lowest BCUT2D eigenvalue weighted by Crippen LogP contribution is -2.28. The number of hydrogen-bond acceptors (Lipinski definition) is 4. The molecule has 4 heteroatoms. The predicted octanol–water partition coefficient (Wildman–Crippen LogP) is 3.34. The second-order valence-corrected chi connectivity index (χ2v) is 5.80. The number of piperidine rings is 1. The van der Waals surface area contributed by atoms with Crippen LogP contribution in [0.15, 0.2) is 22.2 Å². The Morgan fingerprint density at radius 1 is 1.38 bits per heavy atom. The van der Waals surface area contributed by atoms with Gasteiger partial charge in [0.05, 0.1) is 10.7 Å². The molecule has 2 nitrogen and oxygen atoms in total. The SMILES string of the molecule is c1cc(-c2csc(C3CCCNC3)n2)cs1. The summed E-state index contributed by atoms with van der Waals surface area (Å²) in [5, 5.41) is 11.2. The van der Waals surface area contributed by atoms with Crippen LogP contribution < -0.4 is 5.32 Å². The second kappa shape index (κ2) is 4.65. The normalized spacial score (nSPS) is 21.1. The standard InChI is InChI=1S/C12H14N2S2/c1-2-9(6-13-4-1)12-14-11(8-16-12)10-3-5-15-7-10/h3,5,7-9,13H,1-2,4,6H2. The van der Waals surface area contributed by atoms with Gasteiger partial charge in [-0.1, -0.05) is 0 Å². The van der Waals surface area contributed by atoms with Gasteiger partial charge in [-0.2, -0.15) is 11.3 Å². The van der Waals surface area contributed by atoms with E-state index in [4.69, 9.17) is 4.98 Å². The molecule has 2 aromatic rings. The van der Waals surface area contributed by atoms with Crippen molar-refractivity contribution >= 4 is 22.7 Å². The van der Waals surface area contributed by atoms with Crippen LogP contribution in [0, 0.1) is 0 Å². The van der Waals surface area contributed by atoms with Crippen molar-refractivity contribution in [2.75, 3.05) is 13.1 Å². The summed E-state index contributed by atoms with van der Waals surface area (Å²) in [6.07, 6.45) is 2.56. The maximum atomic E-state index is 4.76. The Bertz CT molecular complexity index is 441. The molecular formula is C12H14N2S2. The van der Waals surface area contributed by atoms with E-state index in [1.165, 1.54) is 30.0 Å². The first-order chi connectivity index (χ1) is 7.93. The number of aromatic nitrogens is 1. The van der Waals surface area contributed by atoms with E-state index in [0.717, 1.165) is 12.2 Å². The molecule has 0 bridgehead atoms. The zero-order chi connectivity index (χ0) is 10.8. The molecule has 0 aliphatic carbocycles. The zero-order valence-electron chi connectivity index (χ0n) is 8.98. The van der Waals surface area contributed by atoms with Crippen molar-refractivity contribution in [1.82, 2.24) is 10.3 Å². The van der Waals surface area contributed by atoms with Gasteiger partial charge in [0.15, 0.2) is 0 Å². The molecule has 0 radical (unpaired) electrons. The molecule has 1 saturated heterocycles. The third-order valence-electron chi connectivity index (χ3n) is 2.99. The first-order valence-corrected chi connectivity index (χ1v) is 7.44. The van der Waals surface area contributed by atoms with Gasteiger partial charge in [-0.15, -0.1) is 11.3 Å². The summed E-state index contributed by atoms with van der Waals surface area (Å²) in [6.45, 7) is 2.26. The number of hydrogen-bond donors (Lipinski definition) is 1. The molecular weight excluding hydrogens is 236 g/mol. The van der Waals surface area contributed by atoms with Crippen molar-refractivity contribution in [2.24, 2.45) is 0 Å². The Kier molecular flexibility index (Phi) is 3.04. The average molecular weight is 250 g/mol. The van der Waals surface area contributed by atoms with Crippen LogP contribution >= 0.6 is 22.7 Å². The van der Waals surface area contributed by atoms with Crippen molar-refractivity contribution in [3.63, 3.8) is 0 Å². The van der Waals surface area contributed by atoms with Crippen molar-refractivity contribution in [3.8, 4) is 11.3 Å². The number of rotatable bonds is 2.